The molecule has 1 aliphatic rings. The average Bonchev–Trinajstić information content (AvgIpc) is 2.91. The highest BCUT2D eigenvalue weighted by atomic mass is 19.1. The lowest BCUT2D eigenvalue weighted by atomic mass is 10.0. The van der Waals surface area contributed by atoms with E-state index in [9.17, 15) is 14.3 Å². The number of aromatic nitrogens is 1. The van der Waals surface area contributed by atoms with Gasteiger partial charge in [-0.2, -0.15) is 0 Å². The molecule has 3 nitrogen and oxygen atoms in total. The molecule has 0 unspecified atom stereocenters. The van der Waals surface area contributed by atoms with Crippen LogP contribution in [0.1, 0.15) is 33.5 Å². The molecule has 0 amide bonds. The van der Waals surface area contributed by atoms with Crippen LogP contribution in [0.3, 0.4) is 0 Å². The number of rotatable bonds is 2. The number of fused-ring (bicyclic) bond motifs is 2. The van der Waals surface area contributed by atoms with E-state index in [1.54, 1.807) is 18.3 Å². The monoisotopic (exact) mass is 307 g/mol. The van der Waals surface area contributed by atoms with Crippen LogP contribution in [0.5, 0.6) is 5.75 Å². The molecule has 3 aromatic rings. The number of halogens is 1. The molecule has 23 heavy (non-hydrogen) atoms. The van der Waals surface area contributed by atoms with Gasteiger partial charge in [-0.25, -0.2) is 4.39 Å². The van der Waals surface area contributed by atoms with Crippen LogP contribution in [0.25, 0.3) is 10.9 Å². The van der Waals surface area contributed by atoms with Gasteiger partial charge in [-0.1, -0.05) is 12.1 Å². The molecule has 0 saturated carbocycles. The van der Waals surface area contributed by atoms with E-state index < -0.39 is 0 Å². The third-order valence-electron chi connectivity index (χ3n) is 4.31. The number of benzene rings is 2. The zero-order valence-electron chi connectivity index (χ0n) is 12.3. The van der Waals surface area contributed by atoms with Gasteiger partial charge in [-0.3, -0.25) is 9.78 Å². The van der Waals surface area contributed by atoms with Crippen LogP contribution >= 0.6 is 0 Å². The van der Waals surface area contributed by atoms with Crippen LogP contribution in [-0.2, 0) is 12.8 Å². The molecule has 1 heterocycles. The van der Waals surface area contributed by atoms with Gasteiger partial charge in [0.15, 0.2) is 11.5 Å². The Kier molecular flexibility index (Phi) is 3.11. The summed E-state index contributed by atoms with van der Waals surface area (Å²) in [6.45, 7) is 0. The Bertz CT molecular complexity index is 932. The number of pyridine rings is 1. The van der Waals surface area contributed by atoms with Gasteiger partial charge in [0.05, 0.1) is 5.56 Å². The van der Waals surface area contributed by atoms with Crippen molar-refractivity contribution >= 4 is 16.7 Å². The number of Topliss-reactive ketones (excluding diaryl/α,β-unsaturated/α-hetero) is 1. The first-order valence-electron chi connectivity index (χ1n) is 7.53. The maximum absolute atomic E-state index is 13.0. The number of carbonyl (C=O) groups is 1. The van der Waals surface area contributed by atoms with Crippen molar-refractivity contribution in [1.29, 1.82) is 0 Å². The summed E-state index contributed by atoms with van der Waals surface area (Å²) in [5.41, 5.74) is 3.75. The first-order chi connectivity index (χ1) is 11.1. The Morgan fingerprint density at radius 2 is 1.87 bits per heavy atom. The summed E-state index contributed by atoms with van der Waals surface area (Å²) in [6.07, 6.45) is 3.44. The van der Waals surface area contributed by atoms with E-state index in [4.69, 9.17) is 0 Å². The molecule has 0 radical (unpaired) electrons. The standard InChI is InChI=1S/C19H14FNO2/c20-15-4-1-11(2-5-15)7-12-8-14-9-13-3-6-16(22)17(13)19(23)18(14)21-10-12/h1-2,4-5,8-10,23H,3,6-7H2. The summed E-state index contributed by atoms with van der Waals surface area (Å²) in [7, 11) is 0. The molecule has 1 aromatic heterocycles. The van der Waals surface area contributed by atoms with Crippen molar-refractivity contribution in [3.8, 4) is 5.75 Å². The number of carbonyl (C=O) groups excluding carboxylic acids is 1. The quantitative estimate of drug-likeness (QED) is 0.783. The second-order valence-corrected chi connectivity index (χ2v) is 5.90. The number of hydrogen-bond acceptors (Lipinski definition) is 3. The van der Waals surface area contributed by atoms with Gasteiger partial charge in [0.25, 0.3) is 0 Å². The summed E-state index contributed by atoms with van der Waals surface area (Å²) in [4.78, 5) is 16.2. The van der Waals surface area contributed by atoms with Crippen molar-refractivity contribution in [2.45, 2.75) is 19.3 Å². The van der Waals surface area contributed by atoms with Gasteiger partial charge in [-0.05, 0) is 53.8 Å². The van der Waals surface area contributed by atoms with Crippen molar-refractivity contribution in [3.63, 3.8) is 0 Å². The molecule has 0 spiro atoms. The average molecular weight is 307 g/mol. The SMILES string of the molecule is O=C1CCc2cc3cc(Cc4ccc(F)cc4)cnc3c(O)c21. The van der Waals surface area contributed by atoms with Gasteiger partial charge in [0.2, 0.25) is 0 Å². The van der Waals surface area contributed by atoms with E-state index in [0.717, 1.165) is 22.1 Å². The maximum Gasteiger partial charge on any atom is 0.167 e. The van der Waals surface area contributed by atoms with E-state index in [1.165, 1.54) is 12.1 Å². The number of phenols is 1. The van der Waals surface area contributed by atoms with E-state index >= 15 is 0 Å². The Hall–Kier alpha value is -2.75. The lowest BCUT2D eigenvalue weighted by molar-refractivity contribution is 0.0992. The summed E-state index contributed by atoms with van der Waals surface area (Å²) in [5, 5.41) is 11.2. The first-order valence-corrected chi connectivity index (χ1v) is 7.53. The number of hydrogen-bond donors (Lipinski definition) is 1. The molecule has 0 aliphatic heterocycles. The highest BCUT2D eigenvalue weighted by Gasteiger charge is 2.25. The molecule has 4 heteroatoms. The normalized spacial score (nSPS) is 13.5. The van der Waals surface area contributed by atoms with Crippen LogP contribution in [0.15, 0.2) is 42.6 Å². The number of aromatic hydroxyl groups is 1. The molecule has 114 valence electrons. The fourth-order valence-corrected chi connectivity index (χ4v) is 3.18. The van der Waals surface area contributed by atoms with Crippen LogP contribution in [-0.4, -0.2) is 15.9 Å². The third kappa shape index (κ3) is 2.36. The predicted molar refractivity (Wildman–Crippen MR) is 85.3 cm³/mol. The fraction of sp³-hybridized carbons (Fsp3) is 0.158. The lowest BCUT2D eigenvalue weighted by Crippen LogP contribution is -1.96. The topological polar surface area (TPSA) is 50.2 Å². The highest BCUT2D eigenvalue weighted by molar-refractivity contribution is 6.07. The van der Waals surface area contributed by atoms with Crippen molar-refractivity contribution in [1.82, 2.24) is 4.98 Å². The largest absolute Gasteiger partial charge is 0.505 e. The maximum atomic E-state index is 13.0. The number of nitrogens with zero attached hydrogens (tertiary/aromatic N) is 1. The van der Waals surface area contributed by atoms with E-state index in [0.29, 0.717) is 30.3 Å². The third-order valence-corrected chi connectivity index (χ3v) is 4.31. The lowest BCUT2D eigenvalue weighted by Gasteiger charge is -2.08. The molecule has 1 aliphatic carbocycles. The highest BCUT2D eigenvalue weighted by Crippen LogP contribution is 2.36. The Morgan fingerprint density at radius 1 is 1.09 bits per heavy atom. The number of ketones is 1. The van der Waals surface area contributed by atoms with Crippen LogP contribution in [0.4, 0.5) is 4.39 Å². The van der Waals surface area contributed by atoms with Gasteiger partial charge >= 0.3 is 0 Å². The summed E-state index contributed by atoms with van der Waals surface area (Å²) in [6, 6.07) is 10.3. The predicted octanol–water partition coefficient (Wildman–Crippen LogP) is 3.80. The van der Waals surface area contributed by atoms with Crippen molar-refractivity contribution in [2.24, 2.45) is 0 Å². The van der Waals surface area contributed by atoms with Crippen molar-refractivity contribution in [3.05, 3.63) is 70.7 Å². The summed E-state index contributed by atoms with van der Waals surface area (Å²) in [5.74, 6) is -0.277. The molecule has 0 saturated heterocycles. The summed E-state index contributed by atoms with van der Waals surface area (Å²) >= 11 is 0. The molecule has 2 aromatic carbocycles. The minimum Gasteiger partial charge on any atom is -0.505 e. The van der Waals surface area contributed by atoms with Crippen LogP contribution in [0.2, 0.25) is 0 Å². The van der Waals surface area contributed by atoms with E-state index in [-0.39, 0.29) is 17.3 Å². The van der Waals surface area contributed by atoms with E-state index in [2.05, 4.69) is 4.98 Å². The Balaban J connectivity index is 1.76. The van der Waals surface area contributed by atoms with Gasteiger partial charge in [-0.15, -0.1) is 0 Å². The zero-order chi connectivity index (χ0) is 16.0. The first kappa shape index (κ1) is 13.9. The summed E-state index contributed by atoms with van der Waals surface area (Å²) < 4.78 is 13.0. The second-order valence-electron chi connectivity index (χ2n) is 5.90. The van der Waals surface area contributed by atoms with Gasteiger partial charge < -0.3 is 5.11 Å². The minimum atomic E-state index is -0.254. The molecule has 0 fully saturated rings. The zero-order valence-corrected chi connectivity index (χ0v) is 12.3. The van der Waals surface area contributed by atoms with Crippen molar-refractivity contribution in [2.75, 3.05) is 0 Å². The van der Waals surface area contributed by atoms with Gasteiger partial charge in [0, 0.05) is 18.0 Å². The molecule has 0 atom stereocenters. The Morgan fingerprint density at radius 3 is 2.65 bits per heavy atom. The Labute approximate surface area is 132 Å². The molecule has 4 rings (SSSR count). The van der Waals surface area contributed by atoms with Crippen molar-refractivity contribution < 1.29 is 14.3 Å². The van der Waals surface area contributed by atoms with Crippen LogP contribution < -0.4 is 0 Å². The fourth-order valence-electron chi connectivity index (χ4n) is 3.18. The van der Waals surface area contributed by atoms with E-state index in [1.807, 2.05) is 12.1 Å². The molecule has 1 N–H and O–H groups in total. The second kappa shape index (κ2) is 5.16. The smallest absolute Gasteiger partial charge is 0.167 e. The molecule has 0 bridgehead atoms. The van der Waals surface area contributed by atoms with Gasteiger partial charge in [0.1, 0.15) is 11.3 Å². The number of phenolic OH excluding ortho intramolecular Hbond substituents is 1. The minimum absolute atomic E-state index is 0.00617. The van der Waals surface area contributed by atoms with Crippen LogP contribution in [0, 0.1) is 5.82 Å². The number of aryl methyl sites for hydroxylation is 1. The molecular weight excluding hydrogens is 293 g/mol. The molecular formula is C19H14FNO2.